The van der Waals surface area contributed by atoms with E-state index in [0.29, 0.717) is 81.1 Å². The molecule has 0 saturated carbocycles. The topological polar surface area (TPSA) is 133 Å². The van der Waals surface area contributed by atoms with Gasteiger partial charge in [0, 0.05) is 61.3 Å². The summed E-state index contributed by atoms with van der Waals surface area (Å²) in [4.78, 5) is 11.9. The molecule has 0 bridgehead atoms. The lowest BCUT2D eigenvalue weighted by Crippen LogP contribution is -2.23. The van der Waals surface area contributed by atoms with E-state index in [2.05, 4.69) is 15.5 Å². The van der Waals surface area contributed by atoms with Crippen LogP contribution >= 0.6 is 0 Å². The fourth-order valence-corrected chi connectivity index (χ4v) is 6.50. The van der Waals surface area contributed by atoms with Crippen molar-refractivity contribution >= 4 is 17.3 Å². The Morgan fingerprint density at radius 2 is 1.62 bits per heavy atom. The molecular formula is C40H48FN3O8. The highest BCUT2D eigenvalue weighted by Gasteiger charge is 2.27. The number of fused-ring (bicyclic) bond motifs is 4. The minimum absolute atomic E-state index is 0.0599. The number of aliphatic hydroxyl groups is 1. The van der Waals surface area contributed by atoms with Gasteiger partial charge in [-0.2, -0.15) is 5.10 Å². The van der Waals surface area contributed by atoms with E-state index < -0.39 is 0 Å². The number of aryl methyl sites for hydroxylation is 1. The summed E-state index contributed by atoms with van der Waals surface area (Å²) in [6.07, 6.45) is 6.61. The monoisotopic (exact) mass is 717 g/mol. The number of carbonyl (C=O) groups excluding carboxylic acids is 1. The van der Waals surface area contributed by atoms with E-state index in [1.54, 1.807) is 12.1 Å². The molecule has 2 aliphatic carbocycles. The highest BCUT2D eigenvalue weighted by Crippen LogP contribution is 2.44. The van der Waals surface area contributed by atoms with Gasteiger partial charge in [-0.3, -0.25) is 9.89 Å². The first kappa shape index (κ1) is 37.1. The molecule has 12 heteroatoms. The summed E-state index contributed by atoms with van der Waals surface area (Å²) in [7, 11) is 0. The molecule has 3 N–H and O–H groups in total. The number of rotatable bonds is 16. The van der Waals surface area contributed by atoms with Gasteiger partial charge < -0.3 is 38.8 Å². The highest BCUT2D eigenvalue weighted by atomic mass is 19.1. The van der Waals surface area contributed by atoms with Crippen LogP contribution in [0, 0.1) is 5.82 Å². The Morgan fingerprint density at radius 3 is 2.33 bits per heavy atom. The third-order valence-electron chi connectivity index (χ3n) is 9.00. The molecule has 0 amide bonds. The second kappa shape index (κ2) is 18.2. The van der Waals surface area contributed by atoms with E-state index in [-0.39, 0.29) is 24.5 Å². The van der Waals surface area contributed by atoms with E-state index in [0.717, 1.165) is 71.6 Å². The molecule has 0 radical (unpaired) electrons. The number of aliphatic hydroxyl groups excluding tert-OH is 1. The number of aromatic amines is 1. The van der Waals surface area contributed by atoms with Crippen molar-refractivity contribution in [2.24, 2.45) is 0 Å². The van der Waals surface area contributed by atoms with Gasteiger partial charge in [-0.1, -0.05) is 6.07 Å². The molecule has 1 unspecified atom stereocenters. The summed E-state index contributed by atoms with van der Waals surface area (Å²) in [6, 6.07) is 14.0. The van der Waals surface area contributed by atoms with Crippen LogP contribution in [0.15, 0.2) is 48.5 Å². The fraction of sp³-hybridized carbons (Fsp3) is 0.450. The second-order valence-electron chi connectivity index (χ2n) is 12.7. The highest BCUT2D eigenvalue weighted by molar-refractivity contribution is 6.01. The summed E-state index contributed by atoms with van der Waals surface area (Å²) in [5.41, 5.74) is 6.56. The summed E-state index contributed by atoms with van der Waals surface area (Å²) in [5, 5.41) is 19.6. The van der Waals surface area contributed by atoms with E-state index in [1.165, 1.54) is 18.6 Å². The van der Waals surface area contributed by atoms with Gasteiger partial charge in [0.05, 0.1) is 38.7 Å². The third-order valence-corrected chi connectivity index (χ3v) is 9.00. The summed E-state index contributed by atoms with van der Waals surface area (Å²) in [6.45, 7) is 7.41. The Bertz CT molecular complexity index is 1810. The molecule has 1 atom stereocenters. The maximum Gasteiger partial charge on any atom is 0.163 e. The van der Waals surface area contributed by atoms with E-state index in [1.807, 2.05) is 38.1 Å². The number of anilines is 2. The first-order valence-corrected chi connectivity index (χ1v) is 18.3. The van der Waals surface area contributed by atoms with Crippen LogP contribution in [-0.2, 0) is 22.3 Å². The smallest absolute Gasteiger partial charge is 0.163 e. The van der Waals surface area contributed by atoms with Crippen LogP contribution in [-0.4, -0.2) is 73.6 Å². The van der Waals surface area contributed by atoms with Crippen LogP contribution in [0.25, 0.3) is 11.3 Å². The van der Waals surface area contributed by atoms with Crippen molar-refractivity contribution in [1.82, 2.24) is 10.2 Å². The van der Waals surface area contributed by atoms with Crippen molar-refractivity contribution in [2.75, 3.05) is 51.6 Å². The fourth-order valence-electron chi connectivity index (χ4n) is 6.50. The summed E-state index contributed by atoms with van der Waals surface area (Å²) >= 11 is 0. The first-order valence-electron chi connectivity index (χ1n) is 18.3. The number of benzene rings is 3. The van der Waals surface area contributed by atoms with Gasteiger partial charge in [-0.05, 0) is 93.1 Å². The molecule has 7 rings (SSSR count). The zero-order chi connectivity index (χ0) is 36.3. The lowest BCUT2D eigenvalue weighted by Gasteiger charge is -2.22. The molecule has 0 spiro atoms. The number of Topliss-reactive ketones (excluding diaryl/α,β-unsaturated/α-hetero) is 1. The number of hydrogen-bond donors (Lipinski definition) is 3. The maximum atomic E-state index is 13.5. The number of H-pyrrole nitrogens is 1. The zero-order valence-electron chi connectivity index (χ0n) is 29.9. The Labute approximate surface area is 303 Å². The van der Waals surface area contributed by atoms with Crippen LogP contribution in [0.5, 0.6) is 23.0 Å². The number of ketones is 1. The molecule has 278 valence electrons. The van der Waals surface area contributed by atoms with E-state index in [4.69, 9.17) is 33.5 Å². The zero-order valence-corrected chi connectivity index (χ0v) is 29.9. The maximum absolute atomic E-state index is 13.5. The number of nitrogens with one attached hydrogen (secondary N) is 2. The van der Waals surface area contributed by atoms with Gasteiger partial charge >= 0.3 is 0 Å². The molecule has 1 fully saturated rings. The molecule has 11 nitrogen and oxygen atoms in total. The first-order chi connectivity index (χ1) is 25.5. The predicted octanol–water partition coefficient (Wildman–Crippen LogP) is 7.55. The van der Waals surface area contributed by atoms with Crippen molar-refractivity contribution in [1.29, 1.82) is 0 Å². The molecule has 3 aliphatic rings. The van der Waals surface area contributed by atoms with Crippen LogP contribution in [0.2, 0.25) is 0 Å². The Balaban J connectivity index is 0.000000181. The average molecular weight is 718 g/mol. The normalized spacial score (nSPS) is 15.6. The van der Waals surface area contributed by atoms with Crippen molar-refractivity contribution in [2.45, 2.75) is 71.5 Å². The van der Waals surface area contributed by atoms with Gasteiger partial charge in [0.25, 0.3) is 0 Å². The number of hydrogen-bond acceptors (Lipinski definition) is 10. The van der Waals surface area contributed by atoms with Crippen LogP contribution in [0.3, 0.4) is 0 Å². The van der Waals surface area contributed by atoms with Crippen LogP contribution in [0.1, 0.15) is 79.4 Å². The van der Waals surface area contributed by atoms with Crippen molar-refractivity contribution < 1.29 is 42.7 Å². The lowest BCUT2D eigenvalue weighted by atomic mass is 10.1. The number of halogens is 1. The molecular weight excluding hydrogens is 669 g/mol. The SMILES string of the molecule is CCOc1cc2c(cc1OCCCO)-c1[nH]nc(Nc3cccc(F)c3)c1C2.CCOc1cc2c(cc1OCCCOC1CCCCO1)C(=O)CC2. The summed E-state index contributed by atoms with van der Waals surface area (Å²) in [5.74, 6) is 3.29. The number of carbonyl (C=O) groups is 1. The second-order valence-corrected chi connectivity index (χ2v) is 12.7. The minimum atomic E-state index is -0.300. The van der Waals surface area contributed by atoms with Crippen LogP contribution < -0.4 is 24.3 Å². The minimum Gasteiger partial charge on any atom is -0.490 e. The van der Waals surface area contributed by atoms with E-state index >= 15 is 0 Å². The Hall–Kier alpha value is -4.65. The Kier molecular flexibility index (Phi) is 13.0. The largest absolute Gasteiger partial charge is 0.490 e. The molecule has 4 aromatic rings. The molecule has 1 aromatic heterocycles. The third kappa shape index (κ3) is 9.22. The molecule has 3 aromatic carbocycles. The van der Waals surface area contributed by atoms with Gasteiger partial charge in [0.2, 0.25) is 0 Å². The molecule has 1 saturated heterocycles. The van der Waals surface area contributed by atoms with Gasteiger partial charge in [-0.25, -0.2) is 4.39 Å². The number of nitrogens with zero attached hydrogens (tertiary/aromatic N) is 1. The summed E-state index contributed by atoms with van der Waals surface area (Å²) < 4.78 is 47.8. The lowest BCUT2D eigenvalue weighted by molar-refractivity contribution is -0.163. The Morgan fingerprint density at radius 1 is 0.885 bits per heavy atom. The van der Waals surface area contributed by atoms with E-state index in [9.17, 15) is 9.18 Å². The quantitative estimate of drug-likeness (QED) is 0.0879. The predicted molar refractivity (Wildman–Crippen MR) is 195 cm³/mol. The van der Waals surface area contributed by atoms with Crippen molar-refractivity contribution in [3.8, 4) is 34.3 Å². The van der Waals surface area contributed by atoms with Gasteiger partial charge in [-0.15, -0.1) is 0 Å². The molecule has 52 heavy (non-hydrogen) atoms. The van der Waals surface area contributed by atoms with Crippen LogP contribution in [0.4, 0.5) is 15.9 Å². The van der Waals surface area contributed by atoms with Gasteiger partial charge in [0.1, 0.15) is 5.82 Å². The average Bonchev–Trinajstić information content (AvgIpc) is 3.82. The molecule has 1 aliphatic heterocycles. The molecule has 2 heterocycles. The van der Waals surface area contributed by atoms with Crippen molar-refractivity contribution in [3.63, 3.8) is 0 Å². The number of ether oxygens (including phenoxy) is 6. The standard InChI is InChI=1S/C21H22FN3O3.C19H26O5/c1-2-27-18-10-13-9-17-20(16(13)12-19(18)28-8-4-7-26)24-25-21(17)23-15-6-3-5-14(22)11-15;1-2-21-17-12-14-7-8-16(20)15(14)13-18(17)22-10-5-11-24-19-6-3-4-9-23-19/h3,5-6,10-12,26H,2,4,7-9H2,1H3,(H2,23,24,25);12-13,19H,2-11H2,1H3. The van der Waals surface area contributed by atoms with Gasteiger partial charge in [0.15, 0.2) is 40.9 Å². The van der Waals surface area contributed by atoms with Crippen molar-refractivity contribution in [3.05, 3.63) is 76.6 Å². The number of aromatic nitrogens is 2.